The summed E-state index contributed by atoms with van der Waals surface area (Å²) in [4.78, 5) is 14.3. The van der Waals surface area contributed by atoms with Gasteiger partial charge in [0, 0.05) is 31.6 Å². The van der Waals surface area contributed by atoms with Crippen molar-refractivity contribution in [1.29, 1.82) is 0 Å². The molecule has 1 saturated heterocycles. The first-order valence-corrected chi connectivity index (χ1v) is 11.4. The Morgan fingerprint density at radius 2 is 1.87 bits per heavy atom. The van der Waals surface area contributed by atoms with Gasteiger partial charge in [0.05, 0.1) is 16.6 Å². The van der Waals surface area contributed by atoms with Crippen LogP contribution in [0.3, 0.4) is 0 Å². The van der Waals surface area contributed by atoms with Crippen LogP contribution in [0.2, 0.25) is 0 Å². The highest BCUT2D eigenvalue weighted by Crippen LogP contribution is 2.27. The normalized spacial score (nSPS) is 16.0. The van der Waals surface area contributed by atoms with Crippen LogP contribution in [0.1, 0.15) is 28.3 Å². The molecule has 8 nitrogen and oxygen atoms in total. The van der Waals surface area contributed by atoms with E-state index in [1.807, 2.05) is 25.1 Å². The van der Waals surface area contributed by atoms with E-state index in [0.29, 0.717) is 10.4 Å². The van der Waals surface area contributed by atoms with Gasteiger partial charge in [-0.2, -0.15) is 22.6 Å². The number of nitrogens with zero attached hydrogens (tertiary/aromatic N) is 5. The number of piperazine rings is 1. The van der Waals surface area contributed by atoms with Gasteiger partial charge < -0.3 is 4.90 Å². The van der Waals surface area contributed by atoms with E-state index in [9.17, 15) is 22.0 Å². The average molecular weight is 456 g/mol. The van der Waals surface area contributed by atoms with E-state index >= 15 is 0 Å². The molecule has 4 rings (SSSR count). The van der Waals surface area contributed by atoms with Crippen LogP contribution >= 0.6 is 11.5 Å². The number of sulfonamides is 1. The lowest BCUT2D eigenvalue weighted by molar-refractivity contribution is 0.0540. The third-order valence-corrected chi connectivity index (χ3v) is 7.98. The SMILES string of the molecule is Cc1ccc2snc(C(=O)N3CCN(S(=O)(=O)c4cnn(C(F)F)c4C)CC3)c2c1. The van der Waals surface area contributed by atoms with Gasteiger partial charge in [-0.25, -0.2) is 13.1 Å². The highest BCUT2D eigenvalue weighted by atomic mass is 32.2. The van der Waals surface area contributed by atoms with Crippen LogP contribution < -0.4 is 0 Å². The molecule has 1 aliphatic heterocycles. The second kappa shape index (κ2) is 7.67. The summed E-state index contributed by atoms with van der Waals surface area (Å²) in [5, 5.41) is 4.27. The summed E-state index contributed by atoms with van der Waals surface area (Å²) < 4.78 is 58.4. The minimum atomic E-state index is -3.98. The topological polar surface area (TPSA) is 88.4 Å². The molecule has 0 radical (unpaired) electrons. The fourth-order valence-corrected chi connectivity index (χ4v) is 5.80. The molecule has 0 aliphatic carbocycles. The number of fused-ring (bicyclic) bond motifs is 1. The predicted octanol–water partition coefficient (Wildman–Crippen LogP) is 2.65. The highest BCUT2D eigenvalue weighted by Gasteiger charge is 2.34. The van der Waals surface area contributed by atoms with Crippen molar-refractivity contribution in [1.82, 2.24) is 23.4 Å². The van der Waals surface area contributed by atoms with E-state index in [0.717, 1.165) is 21.8 Å². The molecule has 0 atom stereocenters. The fourth-order valence-electron chi connectivity index (χ4n) is 3.48. The van der Waals surface area contributed by atoms with E-state index in [1.165, 1.54) is 22.8 Å². The number of hydrogen-bond acceptors (Lipinski definition) is 6. The summed E-state index contributed by atoms with van der Waals surface area (Å²) in [7, 11) is -3.98. The smallest absolute Gasteiger partial charge is 0.333 e. The molecule has 1 aromatic carbocycles. The Morgan fingerprint density at radius 3 is 2.50 bits per heavy atom. The van der Waals surface area contributed by atoms with E-state index in [2.05, 4.69) is 9.47 Å². The Kier molecular flexibility index (Phi) is 5.32. The van der Waals surface area contributed by atoms with E-state index in [1.54, 1.807) is 4.90 Å². The number of halogens is 2. The number of aromatic nitrogens is 3. The Morgan fingerprint density at radius 1 is 1.17 bits per heavy atom. The zero-order valence-electron chi connectivity index (χ0n) is 16.2. The summed E-state index contributed by atoms with van der Waals surface area (Å²) in [5.41, 5.74) is 1.27. The molecular weight excluding hydrogens is 436 g/mol. The summed E-state index contributed by atoms with van der Waals surface area (Å²) in [6, 6.07) is 5.79. The molecule has 3 aromatic rings. The second-order valence-electron chi connectivity index (χ2n) is 7.04. The molecule has 0 N–H and O–H groups in total. The maximum absolute atomic E-state index is 13.0. The Balaban J connectivity index is 1.50. The van der Waals surface area contributed by atoms with Crippen molar-refractivity contribution in [2.24, 2.45) is 0 Å². The quantitative estimate of drug-likeness (QED) is 0.604. The van der Waals surface area contributed by atoms with Gasteiger partial charge in [0.15, 0.2) is 0 Å². The molecule has 0 saturated carbocycles. The van der Waals surface area contributed by atoms with Crippen LogP contribution in [0.25, 0.3) is 10.1 Å². The molecular formula is C18H19F2N5O3S2. The molecule has 30 heavy (non-hydrogen) atoms. The molecule has 1 aliphatic rings. The molecule has 0 bridgehead atoms. The van der Waals surface area contributed by atoms with Crippen molar-refractivity contribution < 1.29 is 22.0 Å². The number of amides is 1. The van der Waals surface area contributed by atoms with Crippen molar-refractivity contribution in [3.8, 4) is 0 Å². The number of carbonyl (C=O) groups is 1. The Bertz CT molecular complexity index is 1210. The number of alkyl halides is 2. The van der Waals surface area contributed by atoms with Gasteiger partial charge in [0.2, 0.25) is 10.0 Å². The Labute approximate surface area is 175 Å². The van der Waals surface area contributed by atoms with Crippen molar-refractivity contribution in [2.75, 3.05) is 26.2 Å². The van der Waals surface area contributed by atoms with E-state index in [4.69, 9.17) is 0 Å². The third kappa shape index (κ3) is 3.48. The number of aryl methyl sites for hydroxylation is 1. The first-order chi connectivity index (χ1) is 14.2. The molecule has 2 aromatic heterocycles. The van der Waals surface area contributed by atoms with Gasteiger partial charge in [0.1, 0.15) is 10.6 Å². The molecule has 0 spiro atoms. The van der Waals surface area contributed by atoms with Gasteiger partial charge >= 0.3 is 6.55 Å². The monoisotopic (exact) mass is 455 g/mol. The molecule has 0 unspecified atom stereocenters. The van der Waals surface area contributed by atoms with Crippen LogP contribution in [0.4, 0.5) is 8.78 Å². The van der Waals surface area contributed by atoms with Gasteiger partial charge in [-0.1, -0.05) is 11.6 Å². The van der Waals surface area contributed by atoms with Gasteiger partial charge in [-0.3, -0.25) is 4.79 Å². The largest absolute Gasteiger partial charge is 0.335 e. The summed E-state index contributed by atoms with van der Waals surface area (Å²) in [6.45, 7) is 0.813. The van der Waals surface area contributed by atoms with Crippen molar-refractivity contribution in [3.63, 3.8) is 0 Å². The lowest BCUT2D eigenvalue weighted by Crippen LogP contribution is -2.50. The first kappa shape index (κ1) is 20.8. The maximum Gasteiger partial charge on any atom is 0.333 e. The maximum atomic E-state index is 13.0. The van der Waals surface area contributed by atoms with Crippen molar-refractivity contribution in [2.45, 2.75) is 25.3 Å². The summed E-state index contributed by atoms with van der Waals surface area (Å²) in [6.07, 6.45) is 0.943. The zero-order valence-corrected chi connectivity index (χ0v) is 17.9. The standard InChI is InChI=1S/C18H19F2N5O3S2/c1-11-3-4-14-13(9-11)16(22-29-14)17(26)23-5-7-24(8-6-23)30(27,28)15-10-21-25(12(15)2)18(19)20/h3-4,9-10,18H,5-8H2,1-2H3. The number of carbonyl (C=O) groups excluding carboxylic acids is 1. The molecule has 160 valence electrons. The minimum Gasteiger partial charge on any atom is -0.335 e. The van der Waals surface area contributed by atoms with E-state index < -0.39 is 16.6 Å². The number of benzene rings is 1. The molecule has 1 amide bonds. The Hall–Kier alpha value is -2.44. The highest BCUT2D eigenvalue weighted by molar-refractivity contribution is 7.89. The van der Waals surface area contributed by atoms with Gasteiger partial charge in [-0.05, 0) is 37.5 Å². The molecule has 3 heterocycles. The van der Waals surface area contributed by atoms with Crippen LogP contribution in [-0.4, -0.2) is 63.9 Å². The van der Waals surface area contributed by atoms with Crippen LogP contribution in [0, 0.1) is 13.8 Å². The van der Waals surface area contributed by atoms with Gasteiger partial charge in [0.25, 0.3) is 5.91 Å². The number of hydrogen-bond donors (Lipinski definition) is 0. The summed E-state index contributed by atoms with van der Waals surface area (Å²) >= 11 is 1.25. The minimum absolute atomic E-state index is 0.0640. The molecule has 12 heteroatoms. The average Bonchev–Trinajstić information content (AvgIpc) is 3.31. The van der Waals surface area contributed by atoms with E-state index in [-0.39, 0.29) is 42.7 Å². The van der Waals surface area contributed by atoms with Crippen LogP contribution in [-0.2, 0) is 10.0 Å². The lowest BCUT2D eigenvalue weighted by atomic mass is 10.1. The zero-order chi connectivity index (χ0) is 21.6. The molecule has 1 fully saturated rings. The second-order valence-corrected chi connectivity index (χ2v) is 9.75. The fraction of sp³-hybridized carbons (Fsp3) is 0.389. The van der Waals surface area contributed by atoms with Crippen molar-refractivity contribution >= 4 is 37.5 Å². The summed E-state index contributed by atoms with van der Waals surface area (Å²) in [5.74, 6) is -0.245. The first-order valence-electron chi connectivity index (χ1n) is 9.18. The van der Waals surface area contributed by atoms with Crippen LogP contribution in [0.5, 0.6) is 0 Å². The van der Waals surface area contributed by atoms with Crippen molar-refractivity contribution in [3.05, 3.63) is 41.3 Å². The van der Waals surface area contributed by atoms with Gasteiger partial charge in [-0.15, -0.1) is 0 Å². The van der Waals surface area contributed by atoms with Crippen LogP contribution in [0.15, 0.2) is 29.3 Å². The lowest BCUT2D eigenvalue weighted by Gasteiger charge is -2.33. The number of rotatable bonds is 4. The predicted molar refractivity (Wildman–Crippen MR) is 107 cm³/mol. The third-order valence-electron chi connectivity index (χ3n) is 5.16.